The second kappa shape index (κ2) is 4.81. The van der Waals surface area contributed by atoms with E-state index in [4.69, 9.17) is 0 Å². The Morgan fingerprint density at radius 2 is 1.81 bits per heavy atom. The summed E-state index contributed by atoms with van der Waals surface area (Å²) in [7, 11) is 0. The number of benzene rings is 1. The first kappa shape index (κ1) is 11.4. The quantitative estimate of drug-likeness (QED) is 0.849. The standard InChI is InChI=1S/C14H16OS/c1-10(2)11-5-3-6-12(9-11)14(15)13-7-4-8-16-13/h3-10,14-15H,1-2H3/t14-/m0/s1. The molecule has 0 spiro atoms. The van der Waals surface area contributed by atoms with Crippen molar-refractivity contribution in [2.45, 2.75) is 25.9 Å². The van der Waals surface area contributed by atoms with E-state index in [1.54, 1.807) is 11.3 Å². The van der Waals surface area contributed by atoms with Crippen LogP contribution < -0.4 is 0 Å². The van der Waals surface area contributed by atoms with Crippen molar-refractivity contribution in [3.05, 3.63) is 57.8 Å². The van der Waals surface area contributed by atoms with Gasteiger partial charge >= 0.3 is 0 Å². The Balaban J connectivity index is 2.30. The van der Waals surface area contributed by atoms with Crippen LogP contribution in [0.15, 0.2) is 41.8 Å². The fourth-order valence-electron chi connectivity index (χ4n) is 1.70. The maximum atomic E-state index is 10.2. The largest absolute Gasteiger partial charge is 0.383 e. The lowest BCUT2D eigenvalue weighted by molar-refractivity contribution is 0.224. The van der Waals surface area contributed by atoms with Crippen molar-refractivity contribution < 1.29 is 5.11 Å². The first-order valence-corrected chi connectivity index (χ1v) is 6.38. The van der Waals surface area contributed by atoms with Crippen LogP contribution in [0.4, 0.5) is 0 Å². The van der Waals surface area contributed by atoms with Gasteiger partial charge in [0.1, 0.15) is 6.10 Å². The van der Waals surface area contributed by atoms with Crippen LogP contribution in [0.1, 0.15) is 41.9 Å². The predicted octanol–water partition coefficient (Wildman–Crippen LogP) is 3.95. The zero-order valence-electron chi connectivity index (χ0n) is 9.55. The van der Waals surface area contributed by atoms with Gasteiger partial charge in [-0.2, -0.15) is 0 Å². The summed E-state index contributed by atoms with van der Waals surface area (Å²) in [5.41, 5.74) is 2.25. The molecule has 0 aliphatic carbocycles. The summed E-state index contributed by atoms with van der Waals surface area (Å²) in [6.45, 7) is 4.33. The molecule has 0 amide bonds. The van der Waals surface area contributed by atoms with Crippen LogP contribution in [0.5, 0.6) is 0 Å². The summed E-state index contributed by atoms with van der Waals surface area (Å²) in [5, 5.41) is 12.2. The van der Waals surface area contributed by atoms with E-state index < -0.39 is 6.10 Å². The summed E-state index contributed by atoms with van der Waals surface area (Å²) in [4.78, 5) is 1.00. The van der Waals surface area contributed by atoms with E-state index in [1.165, 1.54) is 5.56 Å². The molecule has 1 aromatic carbocycles. The first-order valence-electron chi connectivity index (χ1n) is 5.50. The number of rotatable bonds is 3. The molecule has 0 saturated carbocycles. The molecule has 1 nitrogen and oxygen atoms in total. The summed E-state index contributed by atoms with van der Waals surface area (Å²) in [6.07, 6.45) is -0.487. The molecule has 0 fully saturated rings. The van der Waals surface area contributed by atoms with Gasteiger partial charge in [-0.25, -0.2) is 0 Å². The number of thiophene rings is 1. The molecule has 1 aromatic heterocycles. The molecule has 2 rings (SSSR count). The first-order chi connectivity index (χ1) is 7.68. The molecule has 0 aliphatic heterocycles. The van der Waals surface area contributed by atoms with Gasteiger partial charge in [-0.05, 0) is 28.5 Å². The number of hydrogen-bond donors (Lipinski definition) is 1. The maximum Gasteiger partial charge on any atom is 0.113 e. The van der Waals surface area contributed by atoms with E-state index in [9.17, 15) is 5.11 Å². The monoisotopic (exact) mass is 232 g/mol. The van der Waals surface area contributed by atoms with Crippen LogP contribution in [0, 0.1) is 0 Å². The molecular weight excluding hydrogens is 216 g/mol. The van der Waals surface area contributed by atoms with Gasteiger partial charge in [-0.1, -0.05) is 44.2 Å². The third kappa shape index (κ3) is 2.34. The molecule has 0 aliphatic rings. The molecule has 0 saturated heterocycles. The minimum Gasteiger partial charge on any atom is -0.383 e. The molecule has 16 heavy (non-hydrogen) atoms. The molecular formula is C14H16OS. The molecule has 2 heteroatoms. The van der Waals surface area contributed by atoms with Crippen molar-refractivity contribution in [2.75, 3.05) is 0 Å². The van der Waals surface area contributed by atoms with Gasteiger partial charge < -0.3 is 5.11 Å². The fourth-order valence-corrected chi connectivity index (χ4v) is 2.44. The highest BCUT2D eigenvalue weighted by molar-refractivity contribution is 7.10. The van der Waals surface area contributed by atoms with Crippen molar-refractivity contribution in [3.8, 4) is 0 Å². The van der Waals surface area contributed by atoms with E-state index in [0.717, 1.165) is 10.4 Å². The second-order valence-corrected chi connectivity index (χ2v) is 5.22. The Morgan fingerprint density at radius 3 is 2.44 bits per heavy atom. The average molecular weight is 232 g/mol. The minimum absolute atomic E-state index is 0.487. The molecule has 0 unspecified atom stereocenters. The van der Waals surface area contributed by atoms with Gasteiger partial charge in [0.05, 0.1) is 0 Å². The lowest BCUT2D eigenvalue weighted by Crippen LogP contribution is -1.98. The Hall–Kier alpha value is -1.12. The maximum absolute atomic E-state index is 10.2. The van der Waals surface area contributed by atoms with Gasteiger partial charge in [-0.3, -0.25) is 0 Å². The van der Waals surface area contributed by atoms with Crippen LogP contribution >= 0.6 is 11.3 Å². The molecule has 1 atom stereocenters. The van der Waals surface area contributed by atoms with E-state index in [0.29, 0.717) is 5.92 Å². The van der Waals surface area contributed by atoms with Gasteiger partial charge in [0, 0.05) is 4.88 Å². The summed E-state index contributed by atoms with van der Waals surface area (Å²) in [5.74, 6) is 0.496. The average Bonchev–Trinajstić information content (AvgIpc) is 2.81. The van der Waals surface area contributed by atoms with Crippen LogP contribution in [-0.2, 0) is 0 Å². The van der Waals surface area contributed by atoms with Gasteiger partial charge in [0.25, 0.3) is 0 Å². The summed E-state index contributed by atoms with van der Waals surface area (Å²) < 4.78 is 0. The molecule has 84 valence electrons. The fraction of sp³-hybridized carbons (Fsp3) is 0.286. The van der Waals surface area contributed by atoms with Crippen molar-refractivity contribution in [1.29, 1.82) is 0 Å². The van der Waals surface area contributed by atoms with Crippen molar-refractivity contribution in [3.63, 3.8) is 0 Å². The molecule has 0 bridgehead atoms. The summed E-state index contributed by atoms with van der Waals surface area (Å²) in [6, 6.07) is 12.1. The Morgan fingerprint density at radius 1 is 1.06 bits per heavy atom. The highest BCUT2D eigenvalue weighted by Gasteiger charge is 2.12. The number of aliphatic hydroxyl groups is 1. The third-order valence-electron chi connectivity index (χ3n) is 2.71. The van der Waals surface area contributed by atoms with Crippen LogP contribution in [0.25, 0.3) is 0 Å². The van der Waals surface area contributed by atoms with Crippen LogP contribution in [-0.4, -0.2) is 5.11 Å². The van der Waals surface area contributed by atoms with Gasteiger partial charge in [0.2, 0.25) is 0 Å². The lowest BCUT2D eigenvalue weighted by Gasteiger charge is -2.12. The number of aliphatic hydroxyl groups excluding tert-OH is 1. The topological polar surface area (TPSA) is 20.2 Å². The molecule has 1 heterocycles. The Labute approximate surface area is 100 Å². The highest BCUT2D eigenvalue weighted by Crippen LogP contribution is 2.27. The Kier molecular flexibility index (Phi) is 3.42. The third-order valence-corrected chi connectivity index (χ3v) is 3.63. The molecule has 2 aromatic rings. The Bertz CT molecular complexity index is 446. The zero-order valence-corrected chi connectivity index (χ0v) is 10.4. The van der Waals surface area contributed by atoms with Crippen molar-refractivity contribution in [2.24, 2.45) is 0 Å². The van der Waals surface area contributed by atoms with Crippen molar-refractivity contribution in [1.82, 2.24) is 0 Å². The minimum atomic E-state index is -0.487. The summed E-state index contributed by atoms with van der Waals surface area (Å²) >= 11 is 1.59. The van der Waals surface area contributed by atoms with Crippen LogP contribution in [0.2, 0.25) is 0 Å². The van der Waals surface area contributed by atoms with E-state index >= 15 is 0 Å². The number of hydrogen-bond acceptors (Lipinski definition) is 2. The van der Waals surface area contributed by atoms with E-state index in [-0.39, 0.29) is 0 Å². The zero-order chi connectivity index (χ0) is 11.5. The van der Waals surface area contributed by atoms with Gasteiger partial charge in [-0.15, -0.1) is 11.3 Å². The lowest BCUT2D eigenvalue weighted by atomic mass is 9.98. The van der Waals surface area contributed by atoms with Crippen LogP contribution in [0.3, 0.4) is 0 Å². The SMILES string of the molecule is CC(C)c1cccc([C@H](O)c2cccs2)c1. The smallest absolute Gasteiger partial charge is 0.113 e. The van der Waals surface area contributed by atoms with E-state index in [1.807, 2.05) is 29.6 Å². The normalized spacial score (nSPS) is 13.0. The van der Waals surface area contributed by atoms with Gasteiger partial charge in [0.15, 0.2) is 0 Å². The van der Waals surface area contributed by atoms with Crippen molar-refractivity contribution >= 4 is 11.3 Å². The predicted molar refractivity (Wildman–Crippen MR) is 68.9 cm³/mol. The second-order valence-electron chi connectivity index (χ2n) is 4.24. The van der Waals surface area contributed by atoms with E-state index in [2.05, 4.69) is 26.0 Å². The molecule has 0 radical (unpaired) electrons. The molecule has 1 N–H and O–H groups in total. The highest BCUT2D eigenvalue weighted by atomic mass is 32.1.